The number of aryl methyl sites for hydroxylation is 1. The van der Waals surface area contributed by atoms with Gasteiger partial charge in [-0.3, -0.25) is 0 Å². The molecular weight excluding hydrogens is 150 g/mol. The van der Waals surface area contributed by atoms with Gasteiger partial charge in [0.15, 0.2) is 0 Å². The van der Waals surface area contributed by atoms with Crippen molar-refractivity contribution in [2.24, 2.45) is 0 Å². The molecule has 0 atom stereocenters. The Hall–Kier alpha value is -0.990. The molecule has 2 rings (SSSR count). The van der Waals surface area contributed by atoms with E-state index in [2.05, 4.69) is 16.5 Å². The summed E-state index contributed by atoms with van der Waals surface area (Å²) in [5.41, 5.74) is 8.40. The summed E-state index contributed by atoms with van der Waals surface area (Å²) in [5, 5.41) is 0. The number of aromatic nitrogens is 2. The topological polar surface area (TPSA) is 43.8 Å². The van der Waals surface area contributed by atoms with Crippen LogP contribution in [0.1, 0.15) is 31.2 Å². The lowest BCUT2D eigenvalue weighted by Crippen LogP contribution is -2.08. The molecule has 1 aliphatic carbocycles. The van der Waals surface area contributed by atoms with Crippen molar-refractivity contribution in [1.29, 1.82) is 0 Å². The maximum absolute atomic E-state index is 5.78. The maximum Gasteiger partial charge on any atom is 0.200 e. The fourth-order valence-corrected chi connectivity index (χ4v) is 1.97. The zero-order chi connectivity index (χ0) is 8.55. The number of nitrogen functional groups attached to an aromatic ring is 1. The van der Waals surface area contributed by atoms with Crippen LogP contribution in [0.25, 0.3) is 0 Å². The molecule has 12 heavy (non-hydrogen) atoms. The van der Waals surface area contributed by atoms with Crippen LogP contribution >= 0.6 is 0 Å². The normalized spacial score (nSPS) is 16.1. The number of hydrogen-bond donors (Lipinski definition) is 1. The number of anilines is 1. The van der Waals surface area contributed by atoms with Crippen LogP contribution in [0.3, 0.4) is 0 Å². The second kappa shape index (κ2) is 2.81. The van der Waals surface area contributed by atoms with Crippen molar-refractivity contribution in [3.63, 3.8) is 0 Å². The van der Waals surface area contributed by atoms with Crippen LogP contribution < -0.4 is 5.73 Å². The van der Waals surface area contributed by atoms with E-state index in [0.29, 0.717) is 5.95 Å². The van der Waals surface area contributed by atoms with Gasteiger partial charge >= 0.3 is 0 Å². The molecule has 0 unspecified atom stereocenters. The number of rotatable bonds is 1. The standard InChI is InChI=1S/C9H15N3/c1-2-12-8-6-4-3-5-7(8)11-9(12)10/h2-6H2,1H3,(H2,10,11). The zero-order valence-electron chi connectivity index (χ0n) is 7.51. The minimum absolute atomic E-state index is 0.699. The number of nitrogens with two attached hydrogens (primary N) is 1. The van der Waals surface area contributed by atoms with Gasteiger partial charge in [0.05, 0.1) is 5.69 Å². The van der Waals surface area contributed by atoms with Crippen LogP contribution in [0, 0.1) is 0 Å². The number of fused-ring (bicyclic) bond motifs is 1. The van der Waals surface area contributed by atoms with Gasteiger partial charge in [-0.2, -0.15) is 0 Å². The minimum Gasteiger partial charge on any atom is -0.369 e. The molecular formula is C9H15N3. The zero-order valence-corrected chi connectivity index (χ0v) is 7.51. The summed E-state index contributed by atoms with van der Waals surface area (Å²) < 4.78 is 2.13. The van der Waals surface area contributed by atoms with Crippen molar-refractivity contribution in [2.45, 2.75) is 39.2 Å². The highest BCUT2D eigenvalue weighted by Gasteiger charge is 2.16. The third-order valence-electron chi connectivity index (χ3n) is 2.58. The van der Waals surface area contributed by atoms with E-state index >= 15 is 0 Å². The second-order valence-corrected chi connectivity index (χ2v) is 3.31. The average molecular weight is 165 g/mol. The Balaban J connectivity index is 2.46. The van der Waals surface area contributed by atoms with E-state index in [9.17, 15) is 0 Å². The summed E-state index contributed by atoms with van der Waals surface area (Å²) in [6.07, 6.45) is 4.84. The van der Waals surface area contributed by atoms with Crippen LogP contribution in [0.2, 0.25) is 0 Å². The lowest BCUT2D eigenvalue weighted by atomic mass is 10.0. The Labute approximate surface area is 72.6 Å². The van der Waals surface area contributed by atoms with E-state index < -0.39 is 0 Å². The van der Waals surface area contributed by atoms with Gasteiger partial charge in [0.1, 0.15) is 0 Å². The summed E-state index contributed by atoms with van der Waals surface area (Å²) in [6.45, 7) is 3.07. The fraction of sp³-hybridized carbons (Fsp3) is 0.667. The smallest absolute Gasteiger partial charge is 0.200 e. The summed E-state index contributed by atoms with van der Waals surface area (Å²) in [6, 6.07) is 0. The maximum atomic E-state index is 5.78. The monoisotopic (exact) mass is 165 g/mol. The van der Waals surface area contributed by atoms with E-state index in [4.69, 9.17) is 5.73 Å². The third kappa shape index (κ3) is 1.00. The Morgan fingerprint density at radius 2 is 2.17 bits per heavy atom. The van der Waals surface area contributed by atoms with Crippen molar-refractivity contribution in [1.82, 2.24) is 9.55 Å². The van der Waals surface area contributed by atoms with Gasteiger partial charge in [-0.1, -0.05) is 0 Å². The molecule has 0 amide bonds. The molecule has 1 aromatic heterocycles. The molecule has 0 aliphatic heterocycles. The van der Waals surface area contributed by atoms with Crippen LogP contribution in [0.4, 0.5) is 5.95 Å². The summed E-state index contributed by atoms with van der Waals surface area (Å²) in [5.74, 6) is 0.699. The van der Waals surface area contributed by atoms with Gasteiger partial charge in [-0.05, 0) is 32.6 Å². The Morgan fingerprint density at radius 1 is 1.42 bits per heavy atom. The van der Waals surface area contributed by atoms with Crippen molar-refractivity contribution in [3.8, 4) is 0 Å². The summed E-state index contributed by atoms with van der Waals surface area (Å²) in [4.78, 5) is 4.36. The molecule has 1 aliphatic rings. The number of hydrogen-bond acceptors (Lipinski definition) is 2. The van der Waals surface area contributed by atoms with Gasteiger partial charge < -0.3 is 10.3 Å². The fourth-order valence-electron chi connectivity index (χ4n) is 1.97. The Morgan fingerprint density at radius 3 is 2.92 bits per heavy atom. The summed E-state index contributed by atoms with van der Waals surface area (Å²) >= 11 is 0. The van der Waals surface area contributed by atoms with Crippen molar-refractivity contribution in [2.75, 3.05) is 5.73 Å². The largest absolute Gasteiger partial charge is 0.369 e. The molecule has 0 spiro atoms. The first-order valence-corrected chi connectivity index (χ1v) is 4.66. The SMILES string of the molecule is CCn1c(N)nc2c1CCCC2. The Bertz CT molecular complexity index is 288. The minimum atomic E-state index is 0.699. The average Bonchev–Trinajstić information content (AvgIpc) is 2.40. The van der Waals surface area contributed by atoms with Crippen LogP contribution in [0.5, 0.6) is 0 Å². The van der Waals surface area contributed by atoms with E-state index in [-0.39, 0.29) is 0 Å². The lowest BCUT2D eigenvalue weighted by molar-refractivity contribution is 0.623. The van der Waals surface area contributed by atoms with Gasteiger partial charge in [-0.15, -0.1) is 0 Å². The van der Waals surface area contributed by atoms with Crippen LogP contribution in [-0.4, -0.2) is 9.55 Å². The van der Waals surface area contributed by atoms with E-state index in [1.807, 2.05) is 0 Å². The predicted molar refractivity (Wildman–Crippen MR) is 49.0 cm³/mol. The van der Waals surface area contributed by atoms with Crippen molar-refractivity contribution in [3.05, 3.63) is 11.4 Å². The van der Waals surface area contributed by atoms with Gasteiger partial charge in [-0.25, -0.2) is 4.98 Å². The molecule has 0 fully saturated rings. The van der Waals surface area contributed by atoms with Gasteiger partial charge in [0.25, 0.3) is 0 Å². The Kier molecular flexibility index (Phi) is 1.79. The second-order valence-electron chi connectivity index (χ2n) is 3.31. The molecule has 0 radical (unpaired) electrons. The van der Waals surface area contributed by atoms with Crippen LogP contribution in [0.15, 0.2) is 0 Å². The molecule has 3 nitrogen and oxygen atoms in total. The highest BCUT2D eigenvalue weighted by atomic mass is 15.2. The molecule has 3 heteroatoms. The first-order valence-electron chi connectivity index (χ1n) is 4.66. The van der Waals surface area contributed by atoms with Gasteiger partial charge in [0, 0.05) is 12.2 Å². The molecule has 0 bridgehead atoms. The first kappa shape index (κ1) is 7.65. The van der Waals surface area contributed by atoms with Crippen LogP contribution in [-0.2, 0) is 19.4 Å². The summed E-state index contributed by atoms with van der Waals surface area (Å²) in [7, 11) is 0. The lowest BCUT2D eigenvalue weighted by Gasteiger charge is -2.12. The molecule has 1 heterocycles. The van der Waals surface area contributed by atoms with Crippen molar-refractivity contribution < 1.29 is 0 Å². The van der Waals surface area contributed by atoms with E-state index in [1.54, 1.807) is 0 Å². The van der Waals surface area contributed by atoms with E-state index in [0.717, 1.165) is 19.4 Å². The van der Waals surface area contributed by atoms with E-state index in [1.165, 1.54) is 24.2 Å². The predicted octanol–water partition coefficient (Wildman–Crippen LogP) is 1.36. The highest BCUT2D eigenvalue weighted by Crippen LogP contribution is 2.22. The van der Waals surface area contributed by atoms with Crippen molar-refractivity contribution >= 4 is 5.95 Å². The quantitative estimate of drug-likeness (QED) is 0.683. The molecule has 2 N–H and O–H groups in total. The molecule has 1 aromatic rings. The molecule has 0 saturated carbocycles. The highest BCUT2D eigenvalue weighted by molar-refractivity contribution is 5.30. The molecule has 66 valence electrons. The molecule has 0 aromatic carbocycles. The number of nitrogens with zero attached hydrogens (tertiary/aromatic N) is 2. The number of imidazole rings is 1. The van der Waals surface area contributed by atoms with Gasteiger partial charge in [0.2, 0.25) is 5.95 Å². The molecule has 0 saturated heterocycles. The first-order chi connectivity index (χ1) is 5.83. The third-order valence-corrected chi connectivity index (χ3v) is 2.58.